The van der Waals surface area contributed by atoms with Crippen molar-refractivity contribution in [3.63, 3.8) is 0 Å². The number of hydrogen-bond donors (Lipinski definition) is 0. The Bertz CT molecular complexity index is 1160. The molecular weight excluding hydrogens is 452 g/mol. The van der Waals surface area contributed by atoms with Crippen molar-refractivity contribution in [2.75, 3.05) is 0 Å². The monoisotopic (exact) mass is 458 g/mol. The standard InChI is InChI=1S/C14H9O5S.4Na.O3S/c15-13-9-3-1-2-4-10(9)14(16)12-7-8(20(17,18)19)5-6-11(12)13;;;;;1-4(2)3/h2-7,15-16H,(H,17,18,19);;;;;/q-1;4*+1;/p-3. The summed E-state index contributed by atoms with van der Waals surface area (Å²) in [4.78, 5) is -0.525. The fourth-order valence-corrected chi connectivity index (χ4v) is 2.67. The first-order chi connectivity index (χ1) is 11.1. The van der Waals surface area contributed by atoms with Crippen molar-refractivity contribution in [3.8, 4) is 11.5 Å². The van der Waals surface area contributed by atoms with E-state index < -0.39 is 31.4 Å². The molecule has 0 heterocycles. The van der Waals surface area contributed by atoms with Crippen molar-refractivity contribution in [1.29, 1.82) is 0 Å². The maximum atomic E-state index is 12.3. The van der Waals surface area contributed by atoms with Crippen molar-refractivity contribution in [1.82, 2.24) is 0 Å². The van der Waals surface area contributed by atoms with Crippen molar-refractivity contribution < 1.29 is 154 Å². The minimum absolute atomic E-state index is 0. The zero-order valence-corrected chi connectivity index (χ0v) is 25.2. The molecule has 0 aliphatic heterocycles. The van der Waals surface area contributed by atoms with Crippen LogP contribution in [-0.4, -0.2) is 25.6 Å². The van der Waals surface area contributed by atoms with Crippen molar-refractivity contribution in [2.24, 2.45) is 0 Å². The zero-order chi connectivity index (χ0) is 18.1. The molecule has 0 spiro atoms. The molecule has 0 aliphatic carbocycles. The third-order valence-corrected chi connectivity index (χ3v) is 3.95. The molecule has 0 amide bonds. The molecule has 8 nitrogen and oxygen atoms in total. The Balaban J connectivity index is -0.000000719. The van der Waals surface area contributed by atoms with Gasteiger partial charge in [0.05, 0.1) is 4.90 Å². The minimum Gasteiger partial charge on any atom is -0.881 e. The van der Waals surface area contributed by atoms with Gasteiger partial charge in [-0.25, -0.2) is 8.42 Å². The largest absolute Gasteiger partial charge is 1.00 e. The smallest absolute Gasteiger partial charge is 0.881 e. The van der Waals surface area contributed by atoms with Crippen molar-refractivity contribution in [3.05, 3.63) is 42.5 Å². The van der Waals surface area contributed by atoms with E-state index in [1.165, 1.54) is 24.3 Å². The van der Waals surface area contributed by atoms with E-state index in [-0.39, 0.29) is 146 Å². The van der Waals surface area contributed by atoms with Crippen LogP contribution in [0.2, 0.25) is 0 Å². The Morgan fingerprint density at radius 2 is 1.25 bits per heavy atom. The second kappa shape index (κ2) is 14.4. The summed E-state index contributed by atoms with van der Waals surface area (Å²) in [6, 6.07) is 10.2. The average molecular weight is 458 g/mol. The average Bonchev–Trinajstić information content (AvgIpc) is 2.51. The summed E-state index contributed by atoms with van der Waals surface area (Å²) in [7, 11) is -7.79. The summed E-state index contributed by atoms with van der Waals surface area (Å²) in [5.74, 6) is -0.865. The summed E-state index contributed by atoms with van der Waals surface area (Å²) >= 11 is 0. The number of rotatable bonds is 1. The third kappa shape index (κ3) is 8.45. The van der Waals surface area contributed by atoms with Gasteiger partial charge in [0.25, 0.3) is 0 Å². The molecule has 0 unspecified atom stereocenters. The van der Waals surface area contributed by atoms with Crippen LogP contribution in [0.25, 0.3) is 21.5 Å². The molecule has 0 fully saturated rings. The molecule has 0 aromatic heterocycles. The predicted octanol–water partition coefficient (Wildman–Crippen LogP) is -12.1. The van der Waals surface area contributed by atoms with E-state index >= 15 is 0 Å². The van der Waals surface area contributed by atoms with Gasteiger partial charge in [-0.3, -0.25) is 0 Å². The Hall–Kier alpha value is 1.31. The summed E-state index contributed by atoms with van der Waals surface area (Å²) < 4.78 is 58.3. The van der Waals surface area contributed by atoms with E-state index in [1.54, 1.807) is 0 Å². The Morgan fingerprint density at radius 3 is 1.75 bits per heavy atom. The molecule has 0 saturated carbocycles. The predicted molar refractivity (Wildman–Crippen MR) is 76.8 cm³/mol. The van der Waals surface area contributed by atoms with Crippen LogP contribution in [0.15, 0.2) is 41.3 Å². The molecule has 126 valence electrons. The first-order valence-corrected chi connectivity index (χ1v) is 8.50. The second-order valence-electron chi connectivity index (χ2n) is 4.50. The summed E-state index contributed by atoms with van der Waals surface area (Å²) in [6.45, 7) is 0. The van der Waals surface area contributed by atoms with E-state index in [4.69, 9.17) is 12.6 Å². The Labute approximate surface area is 251 Å². The van der Waals surface area contributed by atoms with E-state index in [9.17, 15) is 23.2 Å². The third-order valence-electron chi connectivity index (χ3n) is 3.12. The normalized spacial score (nSPS) is 9.46. The molecule has 0 saturated heterocycles. The Kier molecular flexibility index (Phi) is 17.4. The van der Waals surface area contributed by atoms with E-state index in [2.05, 4.69) is 6.07 Å². The summed E-state index contributed by atoms with van der Waals surface area (Å²) in [5.41, 5.74) is 0. The first kappa shape index (κ1) is 33.9. The van der Waals surface area contributed by atoms with Gasteiger partial charge in [0.15, 0.2) is 0 Å². The van der Waals surface area contributed by atoms with Gasteiger partial charge in [0, 0.05) is 0 Å². The van der Waals surface area contributed by atoms with Crippen LogP contribution in [0, 0.1) is 6.07 Å². The summed E-state index contributed by atoms with van der Waals surface area (Å²) in [6.07, 6.45) is 0. The molecule has 14 heteroatoms. The molecule has 0 bridgehead atoms. The van der Waals surface area contributed by atoms with Crippen molar-refractivity contribution >= 4 is 42.3 Å². The molecule has 0 atom stereocenters. The molecular formula is C14H6Na4O8S2. The van der Waals surface area contributed by atoms with Crippen LogP contribution < -0.4 is 128 Å². The number of benzene rings is 3. The maximum absolute atomic E-state index is 12.3. The summed E-state index contributed by atoms with van der Waals surface area (Å²) in [5, 5.41) is 24.9. The van der Waals surface area contributed by atoms with Gasteiger partial charge in [0.1, 0.15) is 10.1 Å². The fourth-order valence-electron chi connectivity index (χ4n) is 2.17. The number of hydrogen-bond acceptors (Lipinski definition) is 8. The first-order valence-electron chi connectivity index (χ1n) is 6.09. The molecule has 3 rings (SSSR count). The quantitative estimate of drug-likeness (QED) is 0.151. The van der Waals surface area contributed by atoms with E-state index in [1.807, 2.05) is 0 Å². The molecule has 3 aromatic carbocycles. The van der Waals surface area contributed by atoms with Crippen LogP contribution in [-0.2, 0) is 20.7 Å². The molecule has 0 radical (unpaired) electrons. The van der Waals surface area contributed by atoms with Crippen LogP contribution in [0.1, 0.15) is 0 Å². The van der Waals surface area contributed by atoms with Gasteiger partial charge >= 0.3 is 129 Å². The van der Waals surface area contributed by atoms with Crippen LogP contribution >= 0.6 is 0 Å². The zero-order valence-electron chi connectivity index (χ0n) is 15.5. The van der Waals surface area contributed by atoms with Gasteiger partial charge in [-0.15, -0.1) is 29.1 Å². The molecule has 0 aliphatic rings. The van der Waals surface area contributed by atoms with Crippen LogP contribution in [0.3, 0.4) is 0 Å². The van der Waals surface area contributed by atoms with Gasteiger partial charge in [-0.05, 0) is 22.9 Å². The van der Waals surface area contributed by atoms with Gasteiger partial charge in [-0.1, -0.05) is 6.07 Å². The molecule has 3 aromatic rings. The van der Waals surface area contributed by atoms with Crippen LogP contribution in [0.5, 0.6) is 11.5 Å². The van der Waals surface area contributed by atoms with E-state index in [0.29, 0.717) is 0 Å². The van der Waals surface area contributed by atoms with Crippen molar-refractivity contribution in [2.45, 2.75) is 4.90 Å². The van der Waals surface area contributed by atoms with Gasteiger partial charge < -0.3 is 14.8 Å². The SMILES string of the molecule is O=S(=O)([O-])c1ccc2c([O-])c3c[c-]ccc3c([O-])c2c1.O=S(=O)=O.[Na+].[Na+].[Na+].[Na+]. The second-order valence-corrected chi connectivity index (χ2v) is 6.28. The minimum atomic E-state index is -4.67. The van der Waals surface area contributed by atoms with E-state index in [0.717, 1.165) is 12.1 Å². The van der Waals surface area contributed by atoms with Gasteiger partial charge in [0.2, 0.25) is 0 Å². The molecule has 28 heavy (non-hydrogen) atoms. The number of fused-ring (bicyclic) bond motifs is 2. The topological polar surface area (TPSA) is 155 Å². The maximum Gasteiger partial charge on any atom is 1.00 e. The van der Waals surface area contributed by atoms with Crippen LogP contribution in [0.4, 0.5) is 0 Å². The Morgan fingerprint density at radius 1 is 0.786 bits per heavy atom. The van der Waals surface area contributed by atoms with Gasteiger partial charge in [-0.2, -0.15) is 30.0 Å². The molecule has 0 N–H and O–H groups in total. The fraction of sp³-hybridized carbons (Fsp3) is 0.